The van der Waals surface area contributed by atoms with Gasteiger partial charge in [0.25, 0.3) is 5.91 Å². The molecule has 0 spiro atoms. The average Bonchev–Trinajstić information content (AvgIpc) is 3.56. The number of fused-ring (bicyclic) bond motifs is 3. The number of carboxylic acid groups (broad SMARTS) is 1. The Morgan fingerprint density at radius 1 is 0.905 bits per heavy atom. The SMILES string of the molecule is O=C(NC1(C(=O)Nc2ccc(C(=O)O)nc2)CCN(Cc2ccccc2)C1)OCC1c2ccccc2-c2ccccc21. The molecule has 0 bridgehead atoms. The number of carboxylic acids is 1. The van der Waals surface area contributed by atoms with Crippen molar-refractivity contribution in [3.05, 3.63) is 120 Å². The fourth-order valence-corrected chi connectivity index (χ4v) is 5.88. The fraction of sp³-hybridized carbons (Fsp3) is 0.212. The van der Waals surface area contributed by atoms with Crippen molar-refractivity contribution in [1.29, 1.82) is 0 Å². The molecular weight excluding hydrogens is 532 g/mol. The van der Waals surface area contributed by atoms with Gasteiger partial charge in [-0.3, -0.25) is 9.69 Å². The zero-order valence-corrected chi connectivity index (χ0v) is 22.8. The van der Waals surface area contributed by atoms with Crippen molar-refractivity contribution >= 4 is 23.7 Å². The molecule has 1 saturated heterocycles. The number of pyridine rings is 1. The molecule has 2 amide bonds. The molecule has 0 radical (unpaired) electrons. The summed E-state index contributed by atoms with van der Waals surface area (Å²) >= 11 is 0. The van der Waals surface area contributed by atoms with Gasteiger partial charge in [0.15, 0.2) is 0 Å². The first kappa shape index (κ1) is 27.2. The van der Waals surface area contributed by atoms with Crippen LogP contribution < -0.4 is 10.6 Å². The van der Waals surface area contributed by atoms with Gasteiger partial charge in [0, 0.05) is 25.6 Å². The predicted molar refractivity (Wildman–Crippen MR) is 157 cm³/mol. The third-order valence-electron chi connectivity index (χ3n) is 7.96. The van der Waals surface area contributed by atoms with Gasteiger partial charge in [-0.25, -0.2) is 14.6 Å². The molecule has 1 unspecified atom stereocenters. The topological polar surface area (TPSA) is 121 Å². The summed E-state index contributed by atoms with van der Waals surface area (Å²) in [4.78, 5) is 44.2. The number of nitrogens with one attached hydrogen (secondary N) is 2. The van der Waals surface area contributed by atoms with Crippen molar-refractivity contribution in [2.45, 2.75) is 24.4 Å². The molecule has 9 nitrogen and oxygen atoms in total. The van der Waals surface area contributed by atoms with E-state index in [1.54, 1.807) is 0 Å². The highest BCUT2D eigenvalue weighted by atomic mass is 16.5. The number of likely N-dealkylation sites (tertiary alicyclic amines) is 1. The van der Waals surface area contributed by atoms with E-state index in [1.807, 2.05) is 54.6 Å². The molecule has 2 heterocycles. The Balaban J connectivity index is 1.19. The highest BCUT2D eigenvalue weighted by Crippen LogP contribution is 2.44. The first-order chi connectivity index (χ1) is 20.4. The van der Waals surface area contributed by atoms with Crippen LogP contribution in [-0.4, -0.2) is 58.2 Å². The highest BCUT2D eigenvalue weighted by Gasteiger charge is 2.46. The van der Waals surface area contributed by atoms with Gasteiger partial charge >= 0.3 is 12.1 Å². The summed E-state index contributed by atoms with van der Waals surface area (Å²) < 4.78 is 5.80. The number of amides is 2. The summed E-state index contributed by atoms with van der Waals surface area (Å²) in [6, 6.07) is 28.9. The van der Waals surface area contributed by atoms with Crippen LogP contribution in [0, 0.1) is 0 Å². The molecular formula is C33H30N4O5. The van der Waals surface area contributed by atoms with Crippen molar-refractivity contribution < 1.29 is 24.2 Å². The van der Waals surface area contributed by atoms with Crippen LogP contribution >= 0.6 is 0 Å². The van der Waals surface area contributed by atoms with Gasteiger partial charge < -0.3 is 20.5 Å². The van der Waals surface area contributed by atoms with Crippen LogP contribution in [0.1, 0.15) is 39.5 Å². The van der Waals surface area contributed by atoms with Crippen molar-refractivity contribution in [2.75, 3.05) is 25.0 Å². The number of aromatic carboxylic acids is 1. The lowest BCUT2D eigenvalue weighted by molar-refractivity contribution is -0.121. The second kappa shape index (κ2) is 11.5. The van der Waals surface area contributed by atoms with Crippen molar-refractivity contribution in [3.63, 3.8) is 0 Å². The lowest BCUT2D eigenvalue weighted by Gasteiger charge is -2.29. The molecule has 9 heteroatoms. The Bertz CT molecular complexity index is 1580. The van der Waals surface area contributed by atoms with Crippen molar-refractivity contribution in [3.8, 4) is 11.1 Å². The van der Waals surface area contributed by atoms with E-state index >= 15 is 0 Å². The zero-order valence-electron chi connectivity index (χ0n) is 22.8. The average molecular weight is 563 g/mol. The molecule has 1 aliphatic carbocycles. The summed E-state index contributed by atoms with van der Waals surface area (Å²) in [6.45, 7) is 1.61. The largest absolute Gasteiger partial charge is 0.477 e. The molecule has 212 valence electrons. The molecule has 1 aromatic heterocycles. The molecule has 1 fully saturated rings. The van der Waals surface area contributed by atoms with E-state index < -0.39 is 23.5 Å². The van der Waals surface area contributed by atoms with Gasteiger partial charge in [0.1, 0.15) is 17.8 Å². The lowest BCUT2D eigenvalue weighted by Crippen LogP contribution is -2.58. The third kappa shape index (κ3) is 5.46. The molecule has 3 N–H and O–H groups in total. The van der Waals surface area contributed by atoms with Gasteiger partial charge in [-0.15, -0.1) is 0 Å². The van der Waals surface area contributed by atoms with E-state index in [4.69, 9.17) is 9.84 Å². The van der Waals surface area contributed by atoms with Gasteiger partial charge in [-0.1, -0.05) is 78.9 Å². The number of carbonyl (C=O) groups is 3. The standard InChI is InChI=1S/C33H30N4O5/c38-30(39)29-15-14-23(18-34-29)35-31(40)33(16-17-37(21-33)19-22-8-2-1-3-9-22)36-32(41)42-20-28-26-12-6-4-10-24(26)25-11-5-7-13-27(25)28/h1-15,18,28H,16-17,19-21H2,(H,35,40)(H,36,41)(H,38,39). The zero-order chi connectivity index (χ0) is 29.1. The van der Waals surface area contributed by atoms with Gasteiger partial charge in [-0.2, -0.15) is 0 Å². The summed E-state index contributed by atoms with van der Waals surface area (Å²) in [7, 11) is 0. The van der Waals surface area contributed by atoms with Gasteiger partial charge in [-0.05, 0) is 46.4 Å². The minimum Gasteiger partial charge on any atom is -0.477 e. The number of hydrogen-bond donors (Lipinski definition) is 3. The van der Waals surface area contributed by atoms with Gasteiger partial charge in [0.2, 0.25) is 0 Å². The molecule has 1 atom stereocenters. The van der Waals surface area contributed by atoms with E-state index in [9.17, 15) is 14.4 Å². The summed E-state index contributed by atoms with van der Waals surface area (Å²) in [5.41, 5.74) is 4.51. The van der Waals surface area contributed by atoms with Crippen LogP contribution in [-0.2, 0) is 16.1 Å². The second-order valence-corrected chi connectivity index (χ2v) is 10.7. The van der Waals surface area contributed by atoms with Crippen LogP contribution in [0.25, 0.3) is 11.1 Å². The first-order valence-corrected chi connectivity index (χ1v) is 13.8. The lowest BCUT2D eigenvalue weighted by atomic mass is 9.97. The van der Waals surface area contributed by atoms with Gasteiger partial charge in [0.05, 0.1) is 11.9 Å². The number of anilines is 1. The maximum absolute atomic E-state index is 13.7. The number of carbonyl (C=O) groups excluding carboxylic acids is 2. The first-order valence-electron chi connectivity index (χ1n) is 13.8. The van der Waals surface area contributed by atoms with Crippen LogP contribution in [0.2, 0.25) is 0 Å². The highest BCUT2D eigenvalue weighted by molar-refractivity contribution is 6.00. The van der Waals surface area contributed by atoms with E-state index in [1.165, 1.54) is 18.3 Å². The molecule has 6 rings (SSSR count). The number of hydrogen-bond acceptors (Lipinski definition) is 6. The molecule has 2 aliphatic rings. The maximum atomic E-state index is 13.7. The second-order valence-electron chi connectivity index (χ2n) is 10.7. The van der Waals surface area contributed by atoms with Crippen LogP contribution in [0.3, 0.4) is 0 Å². The Hall–Kier alpha value is -5.02. The summed E-state index contributed by atoms with van der Waals surface area (Å²) in [5, 5.41) is 14.9. The number of nitrogens with zero attached hydrogens (tertiary/aromatic N) is 2. The monoisotopic (exact) mass is 562 g/mol. The van der Waals surface area contributed by atoms with Crippen LogP contribution in [0.15, 0.2) is 97.2 Å². The maximum Gasteiger partial charge on any atom is 0.408 e. The number of benzene rings is 3. The Morgan fingerprint density at radius 2 is 1.57 bits per heavy atom. The summed E-state index contributed by atoms with van der Waals surface area (Å²) in [6.07, 6.45) is 0.989. The third-order valence-corrected chi connectivity index (χ3v) is 7.96. The van der Waals surface area contributed by atoms with E-state index in [2.05, 4.69) is 44.8 Å². The van der Waals surface area contributed by atoms with Crippen molar-refractivity contribution in [2.24, 2.45) is 0 Å². The molecule has 0 saturated carbocycles. The predicted octanol–water partition coefficient (Wildman–Crippen LogP) is 4.90. The van der Waals surface area contributed by atoms with E-state index in [0.29, 0.717) is 25.2 Å². The Morgan fingerprint density at radius 3 is 2.21 bits per heavy atom. The number of rotatable bonds is 8. The fourth-order valence-electron chi connectivity index (χ4n) is 5.88. The minimum atomic E-state index is -1.26. The normalized spacial score (nSPS) is 17.7. The molecule has 1 aliphatic heterocycles. The number of alkyl carbamates (subject to hydrolysis) is 1. The molecule has 42 heavy (non-hydrogen) atoms. The Kier molecular flexibility index (Phi) is 7.41. The minimum absolute atomic E-state index is 0.107. The molecule has 4 aromatic rings. The Labute approximate surface area is 243 Å². The van der Waals surface area contributed by atoms with Crippen LogP contribution in [0.4, 0.5) is 10.5 Å². The van der Waals surface area contributed by atoms with Crippen molar-refractivity contribution in [1.82, 2.24) is 15.2 Å². The number of aromatic nitrogens is 1. The number of ether oxygens (including phenoxy) is 1. The molecule has 3 aromatic carbocycles. The van der Waals surface area contributed by atoms with E-state index in [0.717, 1.165) is 27.8 Å². The van der Waals surface area contributed by atoms with E-state index in [-0.39, 0.29) is 24.8 Å². The quantitative estimate of drug-likeness (QED) is 0.279. The summed E-state index contributed by atoms with van der Waals surface area (Å²) in [5.74, 6) is -1.69. The van der Waals surface area contributed by atoms with Crippen LogP contribution in [0.5, 0.6) is 0 Å². The smallest absolute Gasteiger partial charge is 0.408 e.